The highest BCUT2D eigenvalue weighted by Crippen LogP contribution is 2.13. The summed E-state index contributed by atoms with van der Waals surface area (Å²) in [6.45, 7) is 4.65. The van der Waals surface area contributed by atoms with Gasteiger partial charge in [-0.3, -0.25) is 0 Å². The normalized spacial score (nSPS) is 11.1. The van der Waals surface area contributed by atoms with Crippen molar-refractivity contribution >= 4 is 0 Å². The number of hydrogen-bond acceptors (Lipinski definition) is 0. The van der Waals surface area contributed by atoms with Gasteiger partial charge in [0.05, 0.1) is 0 Å². The standard InChI is InChI=1S/C19H32/c1-18(2)14-10-7-5-3-4-6-8-11-15-19-16-12-9-13-17-19/h9,12-13,16-18H,3-8,10-11,14-15H2,1-2H3. The van der Waals surface area contributed by atoms with Crippen LogP contribution in [-0.2, 0) is 6.42 Å². The minimum absolute atomic E-state index is 0.887. The number of hydrogen-bond donors (Lipinski definition) is 0. The van der Waals surface area contributed by atoms with Crippen LogP contribution in [0.2, 0.25) is 0 Å². The van der Waals surface area contributed by atoms with E-state index in [-0.39, 0.29) is 0 Å². The first-order valence-corrected chi connectivity index (χ1v) is 8.33. The van der Waals surface area contributed by atoms with Crippen molar-refractivity contribution < 1.29 is 0 Å². The van der Waals surface area contributed by atoms with Gasteiger partial charge in [0, 0.05) is 0 Å². The van der Waals surface area contributed by atoms with E-state index in [1.165, 1.54) is 69.8 Å². The summed E-state index contributed by atoms with van der Waals surface area (Å²) in [5, 5.41) is 0. The van der Waals surface area contributed by atoms with Gasteiger partial charge in [-0.15, -0.1) is 0 Å². The fraction of sp³-hybridized carbons (Fsp3) is 0.684. The molecule has 0 amide bonds. The third-order valence-electron chi connectivity index (χ3n) is 3.84. The Labute approximate surface area is 120 Å². The van der Waals surface area contributed by atoms with Crippen molar-refractivity contribution in [3.63, 3.8) is 0 Å². The molecule has 0 saturated carbocycles. The lowest BCUT2D eigenvalue weighted by molar-refractivity contribution is 0.507. The molecule has 108 valence electrons. The quantitative estimate of drug-likeness (QED) is 0.404. The summed E-state index contributed by atoms with van der Waals surface area (Å²) in [6, 6.07) is 10.9. The van der Waals surface area contributed by atoms with Gasteiger partial charge in [-0.25, -0.2) is 0 Å². The lowest BCUT2D eigenvalue weighted by atomic mass is 10.0. The average Bonchev–Trinajstić information content (AvgIpc) is 2.42. The Kier molecular flexibility index (Phi) is 9.49. The average molecular weight is 260 g/mol. The van der Waals surface area contributed by atoms with Crippen molar-refractivity contribution in [1.82, 2.24) is 0 Å². The summed E-state index contributed by atoms with van der Waals surface area (Å²) in [7, 11) is 0. The Morgan fingerprint density at radius 1 is 0.684 bits per heavy atom. The van der Waals surface area contributed by atoms with E-state index in [0.29, 0.717) is 0 Å². The predicted octanol–water partition coefficient (Wildman–Crippen LogP) is 6.40. The van der Waals surface area contributed by atoms with Crippen LogP contribution in [0.1, 0.15) is 77.2 Å². The van der Waals surface area contributed by atoms with Crippen LogP contribution in [0.3, 0.4) is 0 Å². The molecule has 0 fully saturated rings. The molecule has 0 saturated heterocycles. The Morgan fingerprint density at radius 2 is 1.21 bits per heavy atom. The highest BCUT2D eigenvalue weighted by atomic mass is 14.0. The zero-order valence-electron chi connectivity index (χ0n) is 13.0. The van der Waals surface area contributed by atoms with Crippen LogP contribution in [0.15, 0.2) is 30.3 Å². The summed E-state index contributed by atoms with van der Waals surface area (Å²) in [5.74, 6) is 0.887. The maximum Gasteiger partial charge on any atom is -0.0279 e. The molecule has 0 N–H and O–H groups in total. The predicted molar refractivity (Wildman–Crippen MR) is 86.5 cm³/mol. The van der Waals surface area contributed by atoms with Gasteiger partial charge in [0.25, 0.3) is 0 Å². The molecule has 0 aliphatic heterocycles. The second kappa shape index (κ2) is 11.1. The maximum atomic E-state index is 2.33. The minimum atomic E-state index is 0.887. The monoisotopic (exact) mass is 260 g/mol. The highest BCUT2D eigenvalue weighted by molar-refractivity contribution is 5.14. The Bertz CT molecular complexity index is 286. The largest absolute Gasteiger partial charge is 0.0628 e. The number of unbranched alkanes of at least 4 members (excludes halogenated alkanes) is 7. The molecule has 1 rings (SSSR count). The molecule has 1 aromatic rings. The second-order valence-electron chi connectivity index (χ2n) is 6.25. The Morgan fingerprint density at radius 3 is 1.79 bits per heavy atom. The SMILES string of the molecule is CC(C)CCCCCCCCCCc1ccccc1. The maximum absolute atomic E-state index is 2.33. The molecular weight excluding hydrogens is 228 g/mol. The summed E-state index contributed by atoms with van der Waals surface area (Å²) < 4.78 is 0. The summed E-state index contributed by atoms with van der Waals surface area (Å²) in [4.78, 5) is 0. The van der Waals surface area contributed by atoms with Crippen LogP contribution in [-0.4, -0.2) is 0 Å². The van der Waals surface area contributed by atoms with E-state index in [1.807, 2.05) is 0 Å². The first-order valence-electron chi connectivity index (χ1n) is 8.33. The van der Waals surface area contributed by atoms with Gasteiger partial charge in [0.1, 0.15) is 0 Å². The fourth-order valence-corrected chi connectivity index (χ4v) is 2.59. The molecule has 0 heteroatoms. The zero-order valence-corrected chi connectivity index (χ0v) is 13.0. The Hall–Kier alpha value is -0.780. The molecule has 0 heterocycles. The van der Waals surface area contributed by atoms with Gasteiger partial charge in [-0.1, -0.05) is 95.5 Å². The van der Waals surface area contributed by atoms with Crippen molar-refractivity contribution in [2.24, 2.45) is 5.92 Å². The zero-order chi connectivity index (χ0) is 13.8. The van der Waals surface area contributed by atoms with Crippen LogP contribution < -0.4 is 0 Å². The van der Waals surface area contributed by atoms with Gasteiger partial charge in [-0.2, -0.15) is 0 Å². The molecule has 0 spiro atoms. The van der Waals surface area contributed by atoms with Crippen molar-refractivity contribution in [2.75, 3.05) is 0 Å². The molecule has 0 aromatic heterocycles. The first kappa shape index (κ1) is 16.3. The third-order valence-corrected chi connectivity index (χ3v) is 3.84. The van der Waals surface area contributed by atoms with E-state index in [0.717, 1.165) is 5.92 Å². The summed E-state index contributed by atoms with van der Waals surface area (Å²) >= 11 is 0. The van der Waals surface area contributed by atoms with Crippen LogP contribution in [0.5, 0.6) is 0 Å². The molecule has 0 unspecified atom stereocenters. The van der Waals surface area contributed by atoms with Crippen LogP contribution in [0, 0.1) is 5.92 Å². The van der Waals surface area contributed by atoms with E-state index in [9.17, 15) is 0 Å². The van der Waals surface area contributed by atoms with E-state index in [1.54, 1.807) is 0 Å². The smallest absolute Gasteiger partial charge is 0.0279 e. The summed E-state index contributed by atoms with van der Waals surface area (Å²) in [6.07, 6.45) is 14.1. The lowest BCUT2D eigenvalue weighted by Crippen LogP contribution is -1.88. The van der Waals surface area contributed by atoms with Gasteiger partial charge in [0.2, 0.25) is 0 Å². The van der Waals surface area contributed by atoms with E-state index in [2.05, 4.69) is 44.2 Å². The molecule has 1 aromatic carbocycles. The number of benzene rings is 1. The molecule has 19 heavy (non-hydrogen) atoms. The Balaban J connectivity index is 1.81. The van der Waals surface area contributed by atoms with Crippen LogP contribution >= 0.6 is 0 Å². The molecule has 0 nitrogen and oxygen atoms in total. The number of rotatable bonds is 11. The highest BCUT2D eigenvalue weighted by Gasteiger charge is 1.96. The van der Waals surface area contributed by atoms with Crippen LogP contribution in [0.25, 0.3) is 0 Å². The fourth-order valence-electron chi connectivity index (χ4n) is 2.59. The first-order chi connectivity index (χ1) is 9.29. The molecular formula is C19H32. The van der Waals surface area contributed by atoms with E-state index >= 15 is 0 Å². The van der Waals surface area contributed by atoms with Crippen molar-refractivity contribution in [2.45, 2.75) is 78.1 Å². The van der Waals surface area contributed by atoms with Crippen molar-refractivity contribution in [3.8, 4) is 0 Å². The molecule has 0 aliphatic rings. The molecule has 0 aliphatic carbocycles. The van der Waals surface area contributed by atoms with E-state index < -0.39 is 0 Å². The number of aryl methyl sites for hydroxylation is 1. The molecule has 0 bridgehead atoms. The van der Waals surface area contributed by atoms with E-state index in [4.69, 9.17) is 0 Å². The second-order valence-corrected chi connectivity index (χ2v) is 6.25. The van der Waals surface area contributed by atoms with Gasteiger partial charge >= 0.3 is 0 Å². The van der Waals surface area contributed by atoms with Gasteiger partial charge < -0.3 is 0 Å². The topological polar surface area (TPSA) is 0 Å². The van der Waals surface area contributed by atoms with Crippen molar-refractivity contribution in [3.05, 3.63) is 35.9 Å². The van der Waals surface area contributed by atoms with Crippen LogP contribution in [0.4, 0.5) is 0 Å². The van der Waals surface area contributed by atoms with Crippen molar-refractivity contribution in [1.29, 1.82) is 0 Å². The lowest BCUT2D eigenvalue weighted by Gasteiger charge is -2.04. The molecule has 0 radical (unpaired) electrons. The van der Waals surface area contributed by atoms with Gasteiger partial charge in [-0.05, 0) is 24.3 Å². The third kappa shape index (κ3) is 9.76. The minimum Gasteiger partial charge on any atom is -0.0628 e. The molecule has 0 atom stereocenters. The van der Waals surface area contributed by atoms with Gasteiger partial charge in [0.15, 0.2) is 0 Å². The summed E-state index contributed by atoms with van der Waals surface area (Å²) in [5.41, 5.74) is 1.50.